The smallest absolute Gasteiger partial charge is 0.295 e. The van der Waals surface area contributed by atoms with Crippen molar-refractivity contribution in [1.29, 1.82) is 0 Å². The molecule has 0 saturated heterocycles. The summed E-state index contributed by atoms with van der Waals surface area (Å²) in [6, 6.07) is 1.48. The van der Waals surface area contributed by atoms with Gasteiger partial charge in [0.1, 0.15) is 17.6 Å². The number of hydrogen-bond acceptors (Lipinski definition) is 7. The number of aliphatic hydroxyl groups excluding tert-OH is 2. The van der Waals surface area contributed by atoms with E-state index in [9.17, 15) is 29.5 Å². The van der Waals surface area contributed by atoms with Gasteiger partial charge in [-0.2, -0.15) is 0 Å². The van der Waals surface area contributed by atoms with E-state index in [1.165, 1.54) is 6.92 Å². The van der Waals surface area contributed by atoms with E-state index in [0.717, 1.165) is 17.8 Å². The average Bonchev–Trinajstić information content (AvgIpc) is 2.39. The number of carbonyl (C=O) groups excluding carboxylic acids is 1. The van der Waals surface area contributed by atoms with Gasteiger partial charge in [0, 0.05) is 18.2 Å². The van der Waals surface area contributed by atoms with Crippen LogP contribution in [0.5, 0.6) is 0 Å². The monoisotopic (exact) mass is 318 g/mol. The number of nitrogens with two attached hydrogens (primary N) is 1. The van der Waals surface area contributed by atoms with E-state index in [4.69, 9.17) is 5.73 Å². The number of nitro groups is 1. The fourth-order valence-electron chi connectivity index (χ4n) is 1.71. The lowest BCUT2D eigenvalue weighted by Crippen LogP contribution is -2.21. The number of nitrogen functional groups attached to an aromatic ring is 1. The van der Waals surface area contributed by atoms with E-state index in [2.05, 4.69) is 0 Å². The van der Waals surface area contributed by atoms with Crippen LogP contribution in [-0.2, 0) is 4.79 Å². The largest absolute Gasteiger partial charge is 0.393 e. The number of anilines is 1. The standard InChI is InChI=1S/C12H15FN2O5S/c1-6(16)21-3-2-10(17)12(18)8-4-7(13)5-9(11(8)14)15(19)20/h4-5,10,12,17-18H,2-3,14H2,1H3. The number of halogens is 1. The van der Waals surface area contributed by atoms with Gasteiger partial charge in [-0.1, -0.05) is 11.8 Å². The van der Waals surface area contributed by atoms with Gasteiger partial charge in [0.05, 0.1) is 17.1 Å². The molecule has 1 aromatic carbocycles. The molecule has 0 bridgehead atoms. The third-order valence-electron chi connectivity index (χ3n) is 2.75. The van der Waals surface area contributed by atoms with Crippen molar-refractivity contribution in [2.75, 3.05) is 11.5 Å². The minimum absolute atomic E-state index is 0.0508. The highest BCUT2D eigenvalue weighted by Gasteiger charge is 2.26. The average molecular weight is 318 g/mol. The first-order valence-electron chi connectivity index (χ1n) is 5.96. The van der Waals surface area contributed by atoms with Gasteiger partial charge in [0.2, 0.25) is 0 Å². The third-order valence-corrected chi connectivity index (χ3v) is 3.60. The molecule has 2 atom stereocenters. The van der Waals surface area contributed by atoms with Gasteiger partial charge in [0.25, 0.3) is 5.69 Å². The third kappa shape index (κ3) is 4.66. The van der Waals surface area contributed by atoms with Crippen molar-refractivity contribution < 1.29 is 24.3 Å². The Labute approximate surface area is 124 Å². The van der Waals surface area contributed by atoms with Gasteiger partial charge in [-0.25, -0.2) is 4.39 Å². The van der Waals surface area contributed by atoms with Crippen LogP contribution in [0.4, 0.5) is 15.8 Å². The molecule has 0 fully saturated rings. The molecule has 0 aliphatic carbocycles. The predicted octanol–water partition coefficient (Wildman–Crippen LogP) is 1.38. The van der Waals surface area contributed by atoms with Crippen molar-refractivity contribution in [3.8, 4) is 0 Å². The van der Waals surface area contributed by atoms with Crippen LogP contribution in [0.1, 0.15) is 25.0 Å². The minimum Gasteiger partial charge on any atom is -0.393 e. The molecule has 21 heavy (non-hydrogen) atoms. The summed E-state index contributed by atoms with van der Waals surface area (Å²) in [5, 5.41) is 30.4. The minimum atomic E-state index is -1.58. The van der Waals surface area contributed by atoms with Gasteiger partial charge in [-0.05, 0) is 12.5 Å². The van der Waals surface area contributed by atoms with Crippen LogP contribution in [0.15, 0.2) is 12.1 Å². The predicted molar refractivity (Wildman–Crippen MR) is 76.2 cm³/mol. The van der Waals surface area contributed by atoms with Crippen molar-refractivity contribution in [3.05, 3.63) is 33.6 Å². The molecule has 0 spiro atoms. The zero-order chi connectivity index (χ0) is 16.2. The Balaban J connectivity index is 2.93. The van der Waals surface area contributed by atoms with E-state index in [1.807, 2.05) is 0 Å². The molecule has 0 aromatic heterocycles. The molecule has 9 heteroatoms. The Morgan fingerprint density at radius 1 is 1.52 bits per heavy atom. The number of nitrogens with zero attached hydrogens (tertiary/aromatic N) is 1. The van der Waals surface area contributed by atoms with Crippen LogP contribution in [0.2, 0.25) is 0 Å². The fraction of sp³-hybridized carbons (Fsp3) is 0.417. The van der Waals surface area contributed by atoms with Crippen LogP contribution in [0.3, 0.4) is 0 Å². The van der Waals surface area contributed by atoms with Crippen LogP contribution < -0.4 is 5.73 Å². The maximum absolute atomic E-state index is 13.3. The molecule has 116 valence electrons. The number of nitro benzene ring substituents is 1. The Hall–Kier alpha value is -1.71. The highest BCUT2D eigenvalue weighted by atomic mass is 32.2. The second-order valence-corrected chi connectivity index (χ2v) is 5.60. The number of rotatable bonds is 6. The normalized spacial score (nSPS) is 13.7. The maximum atomic E-state index is 13.3. The highest BCUT2D eigenvalue weighted by molar-refractivity contribution is 8.13. The number of hydrogen-bond donors (Lipinski definition) is 3. The lowest BCUT2D eigenvalue weighted by Gasteiger charge is -2.19. The second-order valence-electron chi connectivity index (χ2n) is 4.33. The topological polar surface area (TPSA) is 127 Å². The maximum Gasteiger partial charge on any atom is 0.295 e. The molecular formula is C12H15FN2O5S. The fourth-order valence-corrected chi connectivity index (χ4v) is 2.36. The van der Waals surface area contributed by atoms with Crippen LogP contribution in [0, 0.1) is 15.9 Å². The van der Waals surface area contributed by atoms with Crippen molar-refractivity contribution in [2.45, 2.75) is 25.6 Å². The number of thioether (sulfide) groups is 1. The van der Waals surface area contributed by atoms with Gasteiger partial charge < -0.3 is 15.9 Å². The molecule has 4 N–H and O–H groups in total. The molecule has 0 aliphatic heterocycles. The van der Waals surface area contributed by atoms with Crippen LogP contribution in [-0.4, -0.2) is 32.1 Å². The summed E-state index contributed by atoms with van der Waals surface area (Å²) < 4.78 is 13.3. The second kappa shape index (κ2) is 7.34. The van der Waals surface area contributed by atoms with Crippen molar-refractivity contribution in [3.63, 3.8) is 0 Å². The molecule has 7 nitrogen and oxygen atoms in total. The zero-order valence-electron chi connectivity index (χ0n) is 11.2. The van der Waals surface area contributed by atoms with Crippen LogP contribution in [0.25, 0.3) is 0 Å². The van der Waals surface area contributed by atoms with Gasteiger partial charge in [0.15, 0.2) is 5.12 Å². The number of aliphatic hydroxyl groups is 2. The molecule has 0 amide bonds. The van der Waals surface area contributed by atoms with Crippen molar-refractivity contribution >= 4 is 28.3 Å². The first-order chi connectivity index (χ1) is 9.73. The van der Waals surface area contributed by atoms with Gasteiger partial charge in [-0.3, -0.25) is 14.9 Å². The SMILES string of the molecule is CC(=O)SCCC(O)C(O)c1cc(F)cc([N+](=O)[O-])c1N. The Bertz CT molecular complexity index is 555. The number of benzene rings is 1. The first kappa shape index (κ1) is 17.3. The summed E-state index contributed by atoms with van der Waals surface area (Å²) in [5.74, 6) is -0.680. The summed E-state index contributed by atoms with van der Waals surface area (Å²) in [6.07, 6.45) is -2.85. The lowest BCUT2D eigenvalue weighted by molar-refractivity contribution is -0.384. The summed E-state index contributed by atoms with van der Waals surface area (Å²) in [4.78, 5) is 20.6. The van der Waals surface area contributed by atoms with Gasteiger partial charge in [-0.15, -0.1) is 0 Å². The zero-order valence-corrected chi connectivity index (χ0v) is 12.0. The quantitative estimate of drug-likeness (QED) is 0.411. The van der Waals surface area contributed by atoms with E-state index in [1.54, 1.807) is 0 Å². The van der Waals surface area contributed by atoms with E-state index >= 15 is 0 Å². The molecule has 2 unspecified atom stereocenters. The number of carbonyl (C=O) groups is 1. The highest BCUT2D eigenvalue weighted by Crippen LogP contribution is 2.33. The molecule has 0 aliphatic rings. The van der Waals surface area contributed by atoms with E-state index in [0.29, 0.717) is 6.07 Å². The van der Waals surface area contributed by atoms with E-state index < -0.39 is 34.3 Å². The Morgan fingerprint density at radius 3 is 2.67 bits per heavy atom. The van der Waals surface area contributed by atoms with E-state index in [-0.39, 0.29) is 22.9 Å². The molecular weight excluding hydrogens is 303 g/mol. The Kier molecular flexibility index (Phi) is 6.06. The molecule has 1 rings (SSSR count). The molecule has 0 radical (unpaired) electrons. The van der Waals surface area contributed by atoms with Crippen LogP contribution >= 0.6 is 11.8 Å². The Morgan fingerprint density at radius 2 is 2.14 bits per heavy atom. The first-order valence-corrected chi connectivity index (χ1v) is 6.95. The van der Waals surface area contributed by atoms with Crippen molar-refractivity contribution in [1.82, 2.24) is 0 Å². The van der Waals surface area contributed by atoms with Crippen molar-refractivity contribution in [2.24, 2.45) is 0 Å². The molecule has 1 aromatic rings. The summed E-state index contributed by atoms with van der Waals surface area (Å²) in [5.41, 5.74) is 4.21. The summed E-state index contributed by atoms with van der Waals surface area (Å²) in [7, 11) is 0. The van der Waals surface area contributed by atoms with Gasteiger partial charge >= 0.3 is 0 Å². The summed E-state index contributed by atoms with van der Waals surface area (Å²) >= 11 is 0.964. The lowest BCUT2D eigenvalue weighted by atomic mass is 10.00. The molecule has 0 heterocycles. The summed E-state index contributed by atoms with van der Waals surface area (Å²) in [6.45, 7) is 1.36. The molecule has 0 saturated carbocycles.